The van der Waals surface area contributed by atoms with Gasteiger partial charge < -0.3 is 9.88 Å². The molecule has 0 aliphatic heterocycles. The largest absolute Gasteiger partial charge is 0.343 e. The molecule has 1 aliphatic carbocycles. The van der Waals surface area contributed by atoms with Crippen LogP contribution in [0.25, 0.3) is 10.9 Å². The predicted molar refractivity (Wildman–Crippen MR) is 120 cm³/mol. The molecule has 1 fully saturated rings. The molecule has 2 nitrogen and oxygen atoms in total. The second-order valence-corrected chi connectivity index (χ2v) is 8.79. The van der Waals surface area contributed by atoms with Crippen LogP contribution in [0.2, 0.25) is 10.0 Å². The Balaban J connectivity index is 1.53. The molecule has 28 heavy (non-hydrogen) atoms. The number of para-hydroxylation sites is 1. The van der Waals surface area contributed by atoms with Crippen LogP contribution in [-0.2, 0) is 13.1 Å². The summed E-state index contributed by atoms with van der Waals surface area (Å²) in [5.74, 6) is 0. The highest BCUT2D eigenvalue weighted by Crippen LogP contribution is 2.26. The third kappa shape index (κ3) is 4.74. The van der Waals surface area contributed by atoms with E-state index in [1.54, 1.807) is 0 Å². The quantitative estimate of drug-likeness (QED) is 0.466. The lowest BCUT2D eigenvalue weighted by Gasteiger charge is -2.21. The van der Waals surface area contributed by atoms with Crippen LogP contribution in [0.4, 0.5) is 0 Å². The summed E-state index contributed by atoms with van der Waals surface area (Å²) in [6.07, 6.45) is 11.8. The van der Waals surface area contributed by atoms with Gasteiger partial charge in [0.15, 0.2) is 0 Å². The number of nitrogens with zero attached hydrogens (tertiary/aromatic N) is 1. The Labute approximate surface area is 177 Å². The molecular formula is C24H28Cl2N2. The monoisotopic (exact) mass is 414 g/mol. The maximum Gasteiger partial charge on any atom is 0.0595 e. The van der Waals surface area contributed by atoms with E-state index in [-0.39, 0.29) is 0 Å². The Morgan fingerprint density at radius 3 is 2.43 bits per heavy atom. The molecule has 1 aromatic heterocycles. The van der Waals surface area contributed by atoms with Gasteiger partial charge in [-0.25, -0.2) is 0 Å². The Morgan fingerprint density at radius 1 is 0.893 bits per heavy atom. The van der Waals surface area contributed by atoms with Gasteiger partial charge in [0.05, 0.1) is 10.0 Å². The Kier molecular flexibility index (Phi) is 6.61. The van der Waals surface area contributed by atoms with Crippen molar-refractivity contribution in [1.82, 2.24) is 9.88 Å². The van der Waals surface area contributed by atoms with Gasteiger partial charge in [-0.05, 0) is 42.2 Å². The van der Waals surface area contributed by atoms with E-state index in [1.165, 1.54) is 61.4 Å². The molecule has 1 N–H and O–H groups in total. The van der Waals surface area contributed by atoms with Crippen LogP contribution >= 0.6 is 23.2 Å². The van der Waals surface area contributed by atoms with Crippen LogP contribution < -0.4 is 5.32 Å². The minimum absolute atomic E-state index is 0.604. The van der Waals surface area contributed by atoms with Crippen molar-refractivity contribution in [3.8, 4) is 0 Å². The zero-order chi connectivity index (χ0) is 19.3. The van der Waals surface area contributed by atoms with Crippen LogP contribution in [0.5, 0.6) is 0 Å². The highest BCUT2D eigenvalue weighted by molar-refractivity contribution is 6.42. The molecule has 4 heteroatoms. The molecule has 1 saturated carbocycles. The lowest BCUT2D eigenvalue weighted by atomic mass is 9.96. The van der Waals surface area contributed by atoms with E-state index < -0.39 is 0 Å². The summed E-state index contributed by atoms with van der Waals surface area (Å²) in [7, 11) is 0. The highest BCUT2D eigenvalue weighted by atomic mass is 35.5. The van der Waals surface area contributed by atoms with Gasteiger partial charge >= 0.3 is 0 Å². The molecule has 4 rings (SSSR count). The van der Waals surface area contributed by atoms with Gasteiger partial charge in [0.1, 0.15) is 0 Å². The standard InChI is InChI=1S/C24H28Cl2N2/c25-22-13-12-18(14-23(22)26)16-28-17-19(21-10-6-7-11-24(21)28)15-27-20-8-4-2-1-3-5-9-20/h6-7,10-14,17,20,27H,1-5,8-9,15-16H2. The first kappa shape index (κ1) is 19.8. The summed E-state index contributed by atoms with van der Waals surface area (Å²) in [4.78, 5) is 0. The van der Waals surface area contributed by atoms with E-state index in [9.17, 15) is 0 Å². The normalized spacial score (nSPS) is 16.2. The summed E-state index contributed by atoms with van der Waals surface area (Å²) in [6, 6.07) is 15.2. The van der Waals surface area contributed by atoms with Crippen LogP contribution in [0.3, 0.4) is 0 Å². The van der Waals surface area contributed by atoms with E-state index >= 15 is 0 Å². The number of nitrogens with one attached hydrogen (secondary N) is 1. The van der Waals surface area contributed by atoms with E-state index in [0.29, 0.717) is 16.1 Å². The van der Waals surface area contributed by atoms with Gasteiger partial charge in [-0.1, -0.05) is 79.6 Å². The molecule has 0 saturated heterocycles. The summed E-state index contributed by atoms with van der Waals surface area (Å²) in [6.45, 7) is 1.72. The van der Waals surface area contributed by atoms with Gasteiger partial charge in [0.25, 0.3) is 0 Å². The Morgan fingerprint density at radius 2 is 1.64 bits per heavy atom. The van der Waals surface area contributed by atoms with Crippen molar-refractivity contribution in [2.45, 2.75) is 64.1 Å². The molecule has 0 radical (unpaired) electrons. The topological polar surface area (TPSA) is 17.0 Å². The third-order valence-electron chi connectivity index (χ3n) is 5.89. The fourth-order valence-corrected chi connectivity index (χ4v) is 4.66. The summed E-state index contributed by atoms with van der Waals surface area (Å²) in [5, 5.41) is 6.39. The smallest absolute Gasteiger partial charge is 0.0595 e. The molecule has 148 valence electrons. The molecule has 3 aromatic rings. The first-order chi connectivity index (χ1) is 13.7. The first-order valence-corrected chi connectivity index (χ1v) is 11.2. The van der Waals surface area contributed by atoms with E-state index in [1.807, 2.05) is 12.1 Å². The second-order valence-electron chi connectivity index (χ2n) is 7.97. The first-order valence-electron chi connectivity index (χ1n) is 10.4. The molecule has 1 heterocycles. The maximum atomic E-state index is 6.21. The summed E-state index contributed by atoms with van der Waals surface area (Å²) in [5.41, 5.74) is 3.80. The molecule has 0 amide bonds. The summed E-state index contributed by atoms with van der Waals surface area (Å²) >= 11 is 12.3. The van der Waals surface area contributed by atoms with Gasteiger partial charge in [0, 0.05) is 36.2 Å². The molecule has 0 unspecified atom stereocenters. The van der Waals surface area contributed by atoms with Crippen LogP contribution in [0.1, 0.15) is 56.1 Å². The number of hydrogen-bond donors (Lipinski definition) is 1. The number of fused-ring (bicyclic) bond motifs is 1. The van der Waals surface area contributed by atoms with Gasteiger partial charge in [0.2, 0.25) is 0 Å². The van der Waals surface area contributed by atoms with Gasteiger partial charge in [-0.3, -0.25) is 0 Å². The van der Waals surface area contributed by atoms with Gasteiger partial charge in [-0.2, -0.15) is 0 Å². The molecule has 1 aliphatic rings. The second kappa shape index (κ2) is 9.35. The van der Waals surface area contributed by atoms with Crippen molar-refractivity contribution in [3.05, 3.63) is 69.8 Å². The van der Waals surface area contributed by atoms with Crippen LogP contribution in [0, 0.1) is 0 Å². The third-order valence-corrected chi connectivity index (χ3v) is 6.63. The molecule has 0 atom stereocenters. The fourth-order valence-electron chi connectivity index (χ4n) is 4.34. The minimum atomic E-state index is 0.604. The number of rotatable bonds is 5. The zero-order valence-electron chi connectivity index (χ0n) is 16.3. The van der Waals surface area contributed by atoms with Gasteiger partial charge in [-0.15, -0.1) is 0 Å². The number of hydrogen-bond acceptors (Lipinski definition) is 1. The van der Waals surface area contributed by atoms with Crippen LogP contribution in [0.15, 0.2) is 48.7 Å². The molecule has 2 aromatic carbocycles. The maximum absolute atomic E-state index is 6.21. The molecule has 0 bridgehead atoms. The van der Waals surface area contributed by atoms with Crippen molar-refractivity contribution < 1.29 is 0 Å². The lowest BCUT2D eigenvalue weighted by molar-refractivity contribution is 0.389. The zero-order valence-corrected chi connectivity index (χ0v) is 17.8. The average Bonchev–Trinajstić information content (AvgIpc) is 3.02. The van der Waals surface area contributed by atoms with Crippen molar-refractivity contribution in [2.24, 2.45) is 0 Å². The highest BCUT2D eigenvalue weighted by Gasteiger charge is 2.13. The lowest BCUT2D eigenvalue weighted by Crippen LogP contribution is -2.29. The number of aromatic nitrogens is 1. The van der Waals surface area contributed by atoms with Crippen molar-refractivity contribution in [1.29, 1.82) is 0 Å². The van der Waals surface area contributed by atoms with Crippen molar-refractivity contribution >= 4 is 34.1 Å². The molecule has 0 spiro atoms. The summed E-state index contributed by atoms with van der Waals surface area (Å²) < 4.78 is 2.32. The van der Waals surface area contributed by atoms with Crippen LogP contribution in [-0.4, -0.2) is 10.6 Å². The van der Waals surface area contributed by atoms with Crippen molar-refractivity contribution in [2.75, 3.05) is 0 Å². The number of benzene rings is 2. The predicted octanol–water partition coefficient (Wildman–Crippen LogP) is 7.20. The van der Waals surface area contributed by atoms with Crippen molar-refractivity contribution in [3.63, 3.8) is 0 Å². The van der Waals surface area contributed by atoms with E-state index in [0.717, 1.165) is 18.7 Å². The Hall–Kier alpha value is -1.48. The number of halogens is 2. The SMILES string of the molecule is Clc1ccc(Cn2cc(CNC3CCCCCCC3)c3ccccc32)cc1Cl. The average molecular weight is 415 g/mol. The fraction of sp³-hybridized carbons (Fsp3) is 0.417. The molecular weight excluding hydrogens is 387 g/mol. The Bertz CT molecular complexity index is 923. The van der Waals surface area contributed by atoms with E-state index in [4.69, 9.17) is 23.2 Å². The van der Waals surface area contributed by atoms with E-state index in [2.05, 4.69) is 46.4 Å². The minimum Gasteiger partial charge on any atom is -0.343 e.